The lowest BCUT2D eigenvalue weighted by molar-refractivity contribution is 0.601. The van der Waals surface area contributed by atoms with Crippen molar-refractivity contribution in [2.24, 2.45) is 7.05 Å². The second-order valence-electron chi connectivity index (χ2n) is 4.97. The van der Waals surface area contributed by atoms with Gasteiger partial charge in [0.15, 0.2) is 0 Å². The number of aromatic nitrogens is 2. The fourth-order valence-electron chi connectivity index (χ4n) is 2.27. The van der Waals surface area contributed by atoms with Crippen LogP contribution in [0.1, 0.15) is 0 Å². The molecule has 0 spiro atoms. The zero-order chi connectivity index (χ0) is 16.4. The zero-order valence-electron chi connectivity index (χ0n) is 12.3. The van der Waals surface area contributed by atoms with Crippen molar-refractivity contribution in [2.75, 3.05) is 4.72 Å². The van der Waals surface area contributed by atoms with Crippen molar-refractivity contribution in [1.29, 1.82) is 0 Å². The van der Waals surface area contributed by atoms with Crippen LogP contribution in [0.3, 0.4) is 0 Å². The molecule has 0 unspecified atom stereocenters. The first kappa shape index (κ1) is 15.6. The summed E-state index contributed by atoms with van der Waals surface area (Å²) < 4.78 is 29.9. The highest BCUT2D eigenvalue weighted by atomic mass is 35.5. The van der Waals surface area contributed by atoms with Gasteiger partial charge in [0.25, 0.3) is 10.0 Å². The average Bonchev–Trinajstić information content (AvgIpc) is 2.95. The lowest BCUT2D eigenvalue weighted by Gasteiger charge is -2.13. The van der Waals surface area contributed by atoms with E-state index in [1.54, 1.807) is 65.6 Å². The minimum Gasteiger partial charge on any atom is -0.334 e. The number of nitrogens with zero attached hydrogens (tertiary/aromatic N) is 2. The van der Waals surface area contributed by atoms with Gasteiger partial charge in [-0.25, -0.2) is 13.4 Å². The van der Waals surface area contributed by atoms with E-state index in [0.29, 0.717) is 22.0 Å². The molecule has 0 aliphatic rings. The van der Waals surface area contributed by atoms with Gasteiger partial charge in [0, 0.05) is 12.6 Å². The van der Waals surface area contributed by atoms with Gasteiger partial charge in [0.05, 0.1) is 33.8 Å². The summed E-state index contributed by atoms with van der Waals surface area (Å²) in [6.45, 7) is 0. The molecule has 1 aromatic heterocycles. The number of halogens is 1. The van der Waals surface area contributed by atoms with Gasteiger partial charge in [-0.05, 0) is 18.2 Å². The molecule has 0 radical (unpaired) electrons. The third-order valence-corrected chi connectivity index (χ3v) is 5.14. The molecule has 3 rings (SSSR count). The summed E-state index contributed by atoms with van der Waals surface area (Å²) in [5.74, 6) is 0. The molecule has 1 heterocycles. The summed E-state index contributed by atoms with van der Waals surface area (Å²) in [5.41, 5.74) is 1.63. The average molecular weight is 348 g/mol. The van der Waals surface area contributed by atoms with E-state index in [9.17, 15) is 8.42 Å². The Hall–Kier alpha value is -2.31. The maximum Gasteiger partial charge on any atom is 0.262 e. The summed E-state index contributed by atoms with van der Waals surface area (Å²) >= 11 is 6.04. The number of imidazole rings is 1. The second-order valence-corrected chi connectivity index (χ2v) is 7.03. The summed E-state index contributed by atoms with van der Waals surface area (Å²) in [7, 11) is -1.97. The van der Waals surface area contributed by atoms with E-state index in [0.717, 1.165) is 0 Å². The third kappa shape index (κ3) is 3.09. The summed E-state index contributed by atoms with van der Waals surface area (Å²) in [4.78, 5) is 4.22. The molecule has 118 valence electrons. The molecule has 3 aromatic rings. The zero-order valence-corrected chi connectivity index (χ0v) is 13.8. The first-order valence-corrected chi connectivity index (χ1v) is 8.68. The molecule has 7 heteroatoms. The Labute approximate surface area is 139 Å². The molecule has 0 aliphatic heterocycles. The second kappa shape index (κ2) is 6.06. The number of hydrogen-bond acceptors (Lipinski definition) is 3. The van der Waals surface area contributed by atoms with Crippen LogP contribution in [0.2, 0.25) is 5.02 Å². The van der Waals surface area contributed by atoms with Gasteiger partial charge in [-0.2, -0.15) is 0 Å². The molecule has 0 amide bonds. The highest BCUT2D eigenvalue weighted by Crippen LogP contribution is 2.29. The van der Waals surface area contributed by atoms with E-state index >= 15 is 0 Å². The minimum atomic E-state index is -3.78. The fourth-order valence-corrected chi connectivity index (χ4v) is 3.81. The molecule has 0 atom stereocenters. The highest BCUT2D eigenvalue weighted by Gasteiger charge is 2.21. The normalized spacial score (nSPS) is 11.4. The third-order valence-electron chi connectivity index (χ3n) is 3.39. The molecule has 0 bridgehead atoms. The quantitative estimate of drug-likeness (QED) is 0.785. The SMILES string of the molecule is Cn1cncc1-c1ccccc1S(=O)(=O)Nc1ccccc1Cl. The van der Waals surface area contributed by atoms with Crippen LogP contribution in [0.4, 0.5) is 5.69 Å². The Bertz CT molecular complexity index is 951. The van der Waals surface area contributed by atoms with E-state index in [4.69, 9.17) is 11.6 Å². The molecule has 1 N–H and O–H groups in total. The molecule has 5 nitrogen and oxygen atoms in total. The van der Waals surface area contributed by atoms with Crippen LogP contribution in [0, 0.1) is 0 Å². The molecule has 0 saturated carbocycles. The van der Waals surface area contributed by atoms with Gasteiger partial charge in [-0.3, -0.25) is 4.72 Å². The highest BCUT2D eigenvalue weighted by molar-refractivity contribution is 7.92. The van der Waals surface area contributed by atoms with Crippen LogP contribution in [-0.4, -0.2) is 18.0 Å². The maximum absolute atomic E-state index is 12.8. The van der Waals surface area contributed by atoms with E-state index in [2.05, 4.69) is 9.71 Å². The predicted octanol–water partition coefficient (Wildman–Crippen LogP) is 3.54. The molecular weight excluding hydrogens is 334 g/mol. The number of aryl methyl sites for hydroxylation is 1. The molecule has 0 saturated heterocycles. The van der Waals surface area contributed by atoms with Crippen molar-refractivity contribution < 1.29 is 8.42 Å². The van der Waals surface area contributed by atoms with Gasteiger partial charge in [-0.1, -0.05) is 41.9 Å². The number of sulfonamides is 1. The van der Waals surface area contributed by atoms with Crippen LogP contribution in [0.25, 0.3) is 11.3 Å². The number of hydrogen-bond donors (Lipinski definition) is 1. The lowest BCUT2D eigenvalue weighted by atomic mass is 10.2. The van der Waals surface area contributed by atoms with Gasteiger partial charge < -0.3 is 4.57 Å². The molecule has 2 aromatic carbocycles. The van der Waals surface area contributed by atoms with Crippen LogP contribution >= 0.6 is 11.6 Å². The molecule has 0 fully saturated rings. The fraction of sp³-hybridized carbons (Fsp3) is 0.0625. The van der Waals surface area contributed by atoms with E-state index in [1.165, 1.54) is 0 Å². The van der Waals surface area contributed by atoms with Crippen LogP contribution < -0.4 is 4.72 Å². The van der Waals surface area contributed by atoms with Gasteiger partial charge >= 0.3 is 0 Å². The Morgan fingerprint density at radius 1 is 1.09 bits per heavy atom. The Balaban J connectivity index is 2.08. The number of anilines is 1. The lowest BCUT2D eigenvalue weighted by Crippen LogP contribution is -2.14. The Morgan fingerprint density at radius 3 is 2.48 bits per heavy atom. The van der Waals surface area contributed by atoms with Crippen molar-refractivity contribution in [2.45, 2.75) is 4.90 Å². The van der Waals surface area contributed by atoms with Gasteiger partial charge in [0.2, 0.25) is 0 Å². The van der Waals surface area contributed by atoms with Crippen LogP contribution in [0.5, 0.6) is 0 Å². The van der Waals surface area contributed by atoms with Gasteiger partial charge in [0.1, 0.15) is 0 Å². The van der Waals surface area contributed by atoms with Crippen molar-refractivity contribution in [3.05, 3.63) is 66.1 Å². The topological polar surface area (TPSA) is 64.0 Å². The number of rotatable bonds is 4. The Morgan fingerprint density at radius 2 is 1.78 bits per heavy atom. The van der Waals surface area contributed by atoms with E-state index in [-0.39, 0.29) is 4.90 Å². The monoisotopic (exact) mass is 347 g/mol. The minimum absolute atomic E-state index is 0.170. The largest absolute Gasteiger partial charge is 0.334 e. The standard InChI is InChI=1S/C16H14ClN3O2S/c1-20-11-18-10-15(20)12-6-2-5-9-16(12)23(21,22)19-14-8-4-3-7-13(14)17/h2-11,19H,1H3. The van der Waals surface area contributed by atoms with Crippen LogP contribution in [0.15, 0.2) is 66.0 Å². The number of para-hydroxylation sites is 1. The predicted molar refractivity (Wildman–Crippen MR) is 90.9 cm³/mol. The molecular formula is C16H14ClN3O2S. The van der Waals surface area contributed by atoms with E-state index < -0.39 is 10.0 Å². The number of nitrogens with one attached hydrogen (secondary N) is 1. The smallest absolute Gasteiger partial charge is 0.262 e. The van der Waals surface area contributed by atoms with Crippen molar-refractivity contribution in [1.82, 2.24) is 9.55 Å². The molecule has 23 heavy (non-hydrogen) atoms. The van der Waals surface area contributed by atoms with Crippen molar-refractivity contribution >= 4 is 27.3 Å². The maximum atomic E-state index is 12.8. The van der Waals surface area contributed by atoms with Crippen molar-refractivity contribution in [3.63, 3.8) is 0 Å². The molecule has 0 aliphatic carbocycles. The Kier molecular flexibility index (Phi) is 4.11. The number of benzene rings is 2. The van der Waals surface area contributed by atoms with Crippen LogP contribution in [-0.2, 0) is 17.1 Å². The first-order valence-electron chi connectivity index (χ1n) is 6.82. The first-order chi connectivity index (χ1) is 11.0. The van der Waals surface area contributed by atoms with E-state index in [1.807, 2.05) is 7.05 Å². The van der Waals surface area contributed by atoms with Crippen molar-refractivity contribution in [3.8, 4) is 11.3 Å². The summed E-state index contributed by atoms with van der Waals surface area (Å²) in [5, 5.41) is 0.342. The summed E-state index contributed by atoms with van der Waals surface area (Å²) in [6, 6.07) is 13.5. The summed E-state index contributed by atoms with van der Waals surface area (Å²) in [6.07, 6.45) is 3.25. The van der Waals surface area contributed by atoms with Gasteiger partial charge in [-0.15, -0.1) is 0 Å².